The predicted octanol–water partition coefficient (Wildman–Crippen LogP) is 3.92. The Labute approximate surface area is 195 Å². The number of carbonyl (C=O) groups excluding carboxylic acids is 2. The molecule has 0 saturated heterocycles. The monoisotopic (exact) mass is 472 g/mol. The van der Waals surface area contributed by atoms with Crippen molar-refractivity contribution in [2.45, 2.75) is 43.6 Å². The van der Waals surface area contributed by atoms with Crippen LogP contribution in [0.4, 0.5) is 13.6 Å². The Kier molecular flexibility index (Phi) is 6.81. The fourth-order valence-corrected chi connectivity index (χ4v) is 4.86. The summed E-state index contributed by atoms with van der Waals surface area (Å²) in [6, 6.07) is 15.7. The fraction of sp³-hybridized carbons (Fsp3) is 0.400. The van der Waals surface area contributed by atoms with Crippen LogP contribution in [0.15, 0.2) is 48.5 Å². The van der Waals surface area contributed by atoms with Gasteiger partial charge in [0.1, 0.15) is 6.61 Å². The van der Waals surface area contributed by atoms with Gasteiger partial charge in [0, 0.05) is 18.4 Å². The summed E-state index contributed by atoms with van der Waals surface area (Å²) < 4.78 is 31.9. The number of hydrogen-bond acceptors (Lipinski definition) is 4. The molecule has 2 atom stereocenters. The smallest absolute Gasteiger partial charge is 0.407 e. The van der Waals surface area contributed by atoms with Crippen LogP contribution in [0.25, 0.3) is 11.1 Å². The van der Waals surface area contributed by atoms with E-state index in [0.717, 1.165) is 28.7 Å². The number of benzene rings is 2. The zero-order valence-electron chi connectivity index (χ0n) is 18.4. The first-order chi connectivity index (χ1) is 16.3. The number of aliphatic carboxylic acids is 1. The van der Waals surface area contributed by atoms with Gasteiger partial charge in [-0.05, 0) is 41.0 Å². The van der Waals surface area contributed by atoms with Gasteiger partial charge in [-0.1, -0.05) is 55.0 Å². The first-order valence-electron chi connectivity index (χ1n) is 11.3. The molecule has 0 aliphatic heterocycles. The van der Waals surface area contributed by atoms with E-state index >= 15 is 0 Å². The Morgan fingerprint density at radius 2 is 1.62 bits per heavy atom. The number of ether oxygens (including phenoxy) is 1. The summed E-state index contributed by atoms with van der Waals surface area (Å²) in [5.41, 5.74) is 4.46. The molecule has 2 amide bonds. The Balaban J connectivity index is 1.30. The van der Waals surface area contributed by atoms with E-state index in [1.807, 2.05) is 41.7 Å². The average molecular weight is 472 g/mol. The highest BCUT2D eigenvalue weighted by Gasteiger charge is 2.39. The molecule has 34 heavy (non-hydrogen) atoms. The number of halogens is 2. The highest BCUT2D eigenvalue weighted by atomic mass is 19.3. The maximum Gasteiger partial charge on any atom is 0.407 e. The molecule has 2 aromatic carbocycles. The summed E-state index contributed by atoms with van der Waals surface area (Å²) in [5.74, 6) is -7.29. The fourth-order valence-electron chi connectivity index (χ4n) is 4.86. The van der Waals surface area contributed by atoms with Crippen LogP contribution in [0, 0.1) is 5.92 Å². The number of fused-ring (bicyclic) bond motifs is 3. The number of alkyl halides is 2. The van der Waals surface area contributed by atoms with Crippen molar-refractivity contribution in [3.8, 4) is 11.1 Å². The lowest BCUT2D eigenvalue weighted by atomic mass is 9.98. The summed E-state index contributed by atoms with van der Waals surface area (Å²) >= 11 is 0. The molecule has 9 heteroatoms. The number of hydrogen-bond donors (Lipinski definition) is 3. The zero-order chi connectivity index (χ0) is 24.3. The third-order valence-electron chi connectivity index (χ3n) is 6.57. The van der Waals surface area contributed by atoms with E-state index in [4.69, 9.17) is 9.84 Å². The van der Waals surface area contributed by atoms with Gasteiger partial charge in [0.2, 0.25) is 5.91 Å². The van der Waals surface area contributed by atoms with Crippen LogP contribution in [-0.4, -0.2) is 48.2 Å². The molecule has 0 aromatic heterocycles. The molecule has 2 aliphatic rings. The first-order valence-corrected chi connectivity index (χ1v) is 11.3. The van der Waals surface area contributed by atoms with E-state index in [0.29, 0.717) is 12.8 Å². The standard InChI is InChI=1S/C25H26F2N2O5/c26-25(27,23(31)32)14-28-22(30)12-15-6-5-11-21(15)29-24(33)34-13-20-18-9-3-1-7-16(18)17-8-2-4-10-19(17)20/h1-4,7-10,15,20-21H,5-6,11-14H2,(H,28,30)(H,29,33)(H,31,32). The van der Waals surface area contributed by atoms with Crippen LogP contribution in [0.5, 0.6) is 0 Å². The predicted molar refractivity (Wildman–Crippen MR) is 120 cm³/mol. The topological polar surface area (TPSA) is 105 Å². The molecule has 3 N–H and O–H groups in total. The average Bonchev–Trinajstić information content (AvgIpc) is 3.38. The van der Waals surface area contributed by atoms with Gasteiger partial charge in [-0.3, -0.25) is 4.79 Å². The van der Waals surface area contributed by atoms with E-state index in [1.165, 1.54) is 0 Å². The van der Waals surface area contributed by atoms with Gasteiger partial charge in [-0.15, -0.1) is 0 Å². The summed E-state index contributed by atoms with van der Waals surface area (Å²) in [6.07, 6.45) is 1.41. The molecule has 180 valence electrons. The molecule has 2 aromatic rings. The summed E-state index contributed by atoms with van der Waals surface area (Å²) in [6.45, 7) is -1.10. The minimum Gasteiger partial charge on any atom is -0.477 e. The third-order valence-corrected chi connectivity index (χ3v) is 6.57. The molecule has 2 unspecified atom stereocenters. The largest absolute Gasteiger partial charge is 0.477 e. The molecule has 0 bridgehead atoms. The molecule has 7 nitrogen and oxygen atoms in total. The lowest BCUT2D eigenvalue weighted by molar-refractivity contribution is -0.164. The lowest BCUT2D eigenvalue weighted by Crippen LogP contribution is -2.44. The van der Waals surface area contributed by atoms with Crippen molar-refractivity contribution in [2.24, 2.45) is 5.92 Å². The normalized spacial score (nSPS) is 19.2. The van der Waals surface area contributed by atoms with Gasteiger partial charge in [0.15, 0.2) is 0 Å². The number of carbonyl (C=O) groups is 3. The Hall–Kier alpha value is -3.49. The number of nitrogens with one attached hydrogen (secondary N) is 2. The first kappa shape index (κ1) is 23.7. The van der Waals surface area contributed by atoms with Gasteiger partial charge in [0.05, 0.1) is 6.54 Å². The maximum atomic E-state index is 13.2. The number of alkyl carbamates (subject to hydrolysis) is 1. The van der Waals surface area contributed by atoms with Crippen LogP contribution >= 0.6 is 0 Å². The molecule has 2 aliphatic carbocycles. The van der Waals surface area contributed by atoms with Gasteiger partial charge < -0.3 is 20.5 Å². The summed E-state index contributed by atoms with van der Waals surface area (Å²) in [5, 5.41) is 13.2. The van der Waals surface area contributed by atoms with Gasteiger partial charge in [-0.2, -0.15) is 8.78 Å². The molecule has 0 spiro atoms. The number of rotatable bonds is 8. The number of amides is 2. The van der Waals surface area contributed by atoms with Crippen molar-refractivity contribution in [1.29, 1.82) is 0 Å². The van der Waals surface area contributed by atoms with Crippen LogP contribution in [0.3, 0.4) is 0 Å². The van der Waals surface area contributed by atoms with Crippen LogP contribution in [0.2, 0.25) is 0 Å². The van der Waals surface area contributed by atoms with Crippen LogP contribution in [0.1, 0.15) is 42.7 Å². The quantitative estimate of drug-likeness (QED) is 0.540. The van der Waals surface area contributed by atoms with Gasteiger partial charge in [-0.25, -0.2) is 9.59 Å². The van der Waals surface area contributed by atoms with Crippen molar-refractivity contribution in [1.82, 2.24) is 10.6 Å². The Morgan fingerprint density at radius 3 is 2.24 bits per heavy atom. The molecule has 1 saturated carbocycles. The molecule has 4 rings (SSSR count). The second kappa shape index (κ2) is 9.79. The minimum atomic E-state index is -4.02. The molecular formula is C25H26F2N2O5. The van der Waals surface area contributed by atoms with Gasteiger partial charge in [0.25, 0.3) is 0 Å². The van der Waals surface area contributed by atoms with E-state index in [2.05, 4.69) is 17.4 Å². The second-order valence-electron chi connectivity index (χ2n) is 8.76. The van der Waals surface area contributed by atoms with Crippen LogP contribution in [-0.2, 0) is 14.3 Å². The molecule has 0 radical (unpaired) electrons. The molecular weight excluding hydrogens is 446 g/mol. The Morgan fingerprint density at radius 1 is 1.00 bits per heavy atom. The van der Waals surface area contributed by atoms with Crippen molar-refractivity contribution < 1.29 is 33.0 Å². The zero-order valence-corrected chi connectivity index (χ0v) is 18.4. The van der Waals surface area contributed by atoms with E-state index < -0.39 is 30.4 Å². The summed E-state index contributed by atoms with van der Waals surface area (Å²) in [4.78, 5) is 35.1. The van der Waals surface area contributed by atoms with E-state index in [1.54, 1.807) is 0 Å². The SMILES string of the molecule is O=C(CC1CCCC1NC(=O)OCC1c2ccccc2-c2ccccc21)NCC(F)(F)C(=O)O. The van der Waals surface area contributed by atoms with Gasteiger partial charge >= 0.3 is 18.0 Å². The van der Waals surface area contributed by atoms with Crippen molar-refractivity contribution in [3.63, 3.8) is 0 Å². The minimum absolute atomic E-state index is 0.0702. The highest BCUT2D eigenvalue weighted by Crippen LogP contribution is 2.44. The lowest BCUT2D eigenvalue weighted by Gasteiger charge is -2.22. The van der Waals surface area contributed by atoms with E-state index in [-0.39, 0.29) is 30.9 Å². The van der Waals surface area contributed by atoms with Crippen LogP contribution < -0.4 is 10.6 Å². The molecule has 1 fully saturated rings. The van der Waals surface area contributed by atoms with E-state index in [9.17, 15) is 23.2 Å². The maximum absolute atomic E-state index is 13.2. The number of carboxylic acids is 1. The second-order valence-corrected chi connectivity index (χ2v) is 8.76. The van der Waals surface area contributed by atoms with Crippen molar-refractivity contribution in [3.05, 3.63) is 59.7 Å². The molecule has 0 heterocycles. The Bertz CT molecular complexity index is 1040. The summed E-state index contributed by atoms with van der Waals surface area (Å²) in [7, 11) is 0. The third kappa shape index (κ3) is 5.03. The highest BCUT2D eigenvalue weighted by molar-refractivity contribution is 5.80. The van der Waals surface area contributed by atoms with Crippen molar-refractivity contribution >= 4 is 18.0 Å². The van der Waals surface area contributed by atoms with Crippen molar-refractivity contribution in [2.75, 3.05) is 13.2 Å². The number of carboxylic acid groups (broad SMARTS) is 1.